The molecule has 0 atom stereocenters. The molecule has 0 N–H and O–H groups in total. The highest BCUT2D eigenvalue weighted by molar-refractivity contribution is 4.75. The second-order valence-corrected chi connectivity index (χ2v) is 2.31. The molecule has 14 heavy (non-hydrogen) atoms. The van der Waals surface area contributed by atoms with Crippen molar-refractivity contribution in [1.82, 2.24) is 0 Å². The Morgan fingerprint density at radius 1 is 0.714 bits per heavy atom. The van der Waals surface area contributed by atoms with E-state index in [9.17, 15) is 35.1 Å². The molecule has 0 heterocycles. The minimum atomic E-state index is -5.90. The molecule has 0 aromatic carbocycles. The van der Waals surface area contributed by atoms with E-state index in [1.807, 2.05) is 0 Å². The summed E-state index contributed by atoms with van der Waals surface area (Å²) < 4.78 is 94.8. The fraction of sp³-hybridized carbons (Fsp3) is 1.00. The molecular weight excluding hydrogens is 228 g/mol. The largest absolute Gasteiger partial charge is 0.455 e. The maximum Gasteiger partial charge on any atom is 0.455 e. The lowest BCUT2D eigenvalue weighted by atomic mass is 10.3. The molecule has 1 nitrogen and oxygen atoms in total. The molecule has 0 saturated heterocycles. The van der Waals surface area contributed by atoms with Gasteiger partial charge < -0.3 is 4.74 Å². The van der Waals surface area contributed by atoms with E-state index >= 15 is 0 Å². The third kappa shape index (κ3) is 4.58. The molecule has 0 aliphatic heterocycles. The van der Waals surface area contributed by atoms with E-state index < -0.39 is 31.5 Å². The van der Waals surface area contributed by atoms with Gasteiger partial charge in [0, 0.05) is 0 Å². The molecule has 0 aromatic rings. The Morgan fingerprint density at radius 3 is 1.43 bits per heavy atom. The van der Waals surface area contributed by atoms with Crippen molar-refractivity contribution in [3.63, 3.8) is 0 Å². The van der Waals surface area contributed by atoms with Gasteiger partial charge in [-0.05, 0) is 0 Å². The lowest BCUT2D eigenvalue weighted by Crippen LogP contribution is -2.41. The predicted molar refractivity (Wildman–Crippen MR) is 27.9 cm³/mol. The number of ether oxygens (including phenoxy) is 1. The van der Waals surface area contributed by atoms with Gasteiger partial charge >= 0.3 is 18.3 Å². The van der Waals surface area contributed by atoms with Gasteiger partial charge in [0.1, 0.15) is 13.2 Å². The third-order valence-electron chi connectivity index (χ3n) is 0.964. The van der Waals surface area contributed by atoms with E-state index in [1.54, 1.807) is 0 Å². The van der Waals surface area contributed by atoms with Gasteiger partial charge in [0.05, 0.1) is 0 Å². The average molecular weight is 232 g/mol. The monoisotopic (exact) mass is 232 g/mol. The highest BCUT2D eigenvalue weighted by Gasteiger charge is 2.57. The number of hydrogen-bond donors (Lipinski definition) is 0. The van der Waals surface area contributed by atoms with Crippen molar-refractivity contribution >= 4 is 0 Å². The Bertz CT molecular complexity index is 179. The topological polar surface area (TPSA) is 9.23 Å². The second-order valence-electron chi connectivity index (χ2n) is 2.31. The van der Waals surface area contributed by atoms with Crippen LogP contribution in [0.25, 0.3) is 0 Å². The SMILES string of the molecule is FC(F)(F)COCC(F)(F)C(F)(F)F. The first-order chi connectivity index (χ1) is 5.96. The van der Waals surface area contributed by atoms with Gasteiger partial charge in [-0.1, -0.05) is 0 Å². The Kier molecular flexibility index (Phi) is 3.71. The van der Waals surface area contributed by atoms with Crippen molar-refractivity contribution in [2.45, 2.75) is 18.3 Å². The normalized spacial score (nSPS) is 14.6. The maximum atomic E-state index is 11.9. The molecule has 0 amide bonds. The van der Waals surface area contributed by atoms with E-state index in [2.05, 4.69) is 4.74 Å². The van der Waals surface area contributed by atoms with E-state index in [0.29, 0.717) is 0 Å². The van der Waals surface area contributed by atoms with Crippen LogP contribution in [0.4, 0.5) is 35.1 Å². The maximum absolute atomic E-state index is 11.9. The van der Waals surface area contributed by atoms with Crippen LogP contribution in [0.1, 0.15) is 0 Å². The molecule has 0 aliphatic carbocycles. The van der Waals surface area contributed by atoms with Crippen molar-refractivity contribution in [1.29, 1.82) is 0 Å². The molecule has 0 aromatic heterocycles. The molecule has 9 heteroatoms. The zero-order valence-corrected chi connectivity index (χ0v) is 6.35. The van der Waals surface area contributed by atoms with Crippen LogP contribution < -0.4 is 0 Å². The van der Waals surface area contributed by atoms with Crippen molar-refractivity contribution < 1.29 is 39.9 Å². The molecule has 0 rings (SSSR count). The first kappa shape index (κ1) is 13.4. The van der Waals surface area contributed by atoms with Crippen LogP contribution in [0.3, 0.4) is 0 Å². The summed E-state index contributed by atoms with van der Waals surface area (Å²) in [6, 6.07) is 0. The van der Waals surface area contributed by atoms with Crippen molar-refractivity contribution in [3.8, 4) is 0 Å². The number of alkyl halides is 8. The lowest BCUT2D eigenvalue weighted by molar-refractivity contribution is -0.303. The fourth-order valence-corrected chi connectivity index (χ4v) is 0.377. The van der Waals surface area contributed by atoms with Crippen LogP contribution in [0.15, 0.2) is 0 Å². The minimum absolute atomic E-state index is 2.14. The van der Waals surface area contributed by atoms with Crippen LogP contribution in [0.5, 0.6) is 0 Å². The number of hydrogen-bond acceptors (Lipinski definition) is 1. The van der Waals surface area contributed by atoms with Crippen LogP contribution in [-0.2, 0) is 4.74 Å². The molecular formula is C5H4F8O. The van der Waals surface area contributed by atoms with Gasteiger partial charge in [-0.2, -0.15) is 35.1 Å². The molecule has 0 spiro atoms. The van der Waals surface area contributed by atoms with Gasteiger partial charge in [0.15, 0.2) is 0 Å². The summed E-state index contributed by atoms with van der Waals surface area (Å²) in [5.41, 5.74) is 0. The van der Waals surface area contributed by atoms with Gasteiger partial charge in [-0.25, -0.2) is 0 Å². The minimum Gasteiger partial charge on any atom is -0.365 e. The van der Waals surface area contributed by atoms with Crippen molar-refractivity contribution in [2.75, 3.05) is 13.2 Å². The van der Waals surface area contributed by atoms with Crippen molar-refractivity contribution in [3.05, 3.63) is 0 Å². The predicted octanol–water partition coefficient (Wildman–Crippen LogP) is 2.76. The second kappa shape index (κ2) is 3.87. The number of halogens is 8. The Morgan fingerprint density at radius 2 is 1.14 bits per heavy atom. The van der Waals surface area contributed by atoms with Gasteiger partial charge in [0.25, 0.3) is 0 Å². The molecule has 0 aliphatic rings. The zero-order valence-electron chi connectivity index (χ0n) is 6.35. The lowest BCUT2D eigenvalue weighted by Gasteiger charge is -2.19. The molecule has 0 fully saturated rings. The molecule has 0 saturated carbocycles. The summed E-state index contributed by atoms with van der Waals surface area (Å²) in [6.45, 7) is -4.48. The summed E-state index contributed by atoms with van der Waals surface area (Å²) in [6.07, 6.45) is -10.8. The summed E-state index contributed by atoms with van der Waals surface area (Å²) in [5, 5.41) is 0. The first-order valence-corrected chi connectivity index (χ1v) is 3.05. The van der Waals surface area contributed by atoms with Crippen LogP contribution in [0.2, 0.25) is 0 Å². The fourth-order valence-electron chi connectivity index (χ4n) is 0.377. The first-order valence-electron chi connectivity index (χ1n) is 3.05. The Hall–Kier alpha value is -0.600. The van der Waals surface area contributed by atoms with E-state index in [4.69, 9.17) is 0 Å². The van der Waals surface area contributed by atoms with Crippen molar-refractivity contribution in [2.24, 2.45) is 0 Å². The van der Waals surface area contributed by atoms with Gasteiger partial charge in [-0.15, -0.1) is 0 Å². The molecule has 0 bridgehead atoms. The van der Waals surface area contributed by atoms with E-state index in [0.717, 1.165) is 0 Å². The van der Waals surface area contributed by atoms with Gasteiger partial charge in [-0.3, -0.25) is 0 Å². The summed E-state index contributed by atoms with van der Waals surface area (Å²) >= 11 is 0. The van der Waals surface area contributed by atoms with E-state index in [-0.39, 0.29) is 0 Å². The summed E-state index contributed by atoms with van der Waals surface area (Å²) in [4.78, 5) is 0. The third-order valence-corrected chi connectivity index (χ3v) is 0.964. The van der Waals surface area contributed by atoms with Crippen LogP contribution >= 0.6 is 0 Å². The van der Waals surface area contributed by atoms with Crippen LogP contribution in [0, 0.1) is 0 Å². The standard InChI is InChI=1S/C5H4F8O/c6-3(7,5(11,12)13)1-14-2-4(8,9)10/h1-2H2. The Balaban J connectivity index is 4.02. The molecule has 0 unspecified atom stereocenters. The highest BCUT2D eigenvalue weighted by Crippen LogP contribution is 2.35. The van der Waals surface area contributed by atoms with E-state index in [1.165, 1.54) is 0 Å². The smallest absolute Gasteiger partial charge is 0.365 e. The zero-order chi connectivity index (χ0) is 11.6. The molecule has 0 radical (unpaired) electrons. The highest BCUT2D eigenvalue weighted by atomic mass is 19.4. The van der Waals surface area contributed by atoms with Gasteiger partial charge in [0.2, 0.25) is 0 Å². The Labute approximate surface area is 72.6 Å². The quantitative estimate of drug-likeness (QED) is 0.680. The number of rotatable bonds is 3. The average Bonchev–Trinajstić information content (AvgIpc) is 1.80. The van der Waals surface area contributed by atoms with Crippen LogP contribution in [-0.4, -0.2) is 31.5 Å². The summed E-state index contributed by atoms with van der Waals surface area (Å²) in [7, 11) is 0. The summed E-state index contributed by atoms with van der Waals surface area (Å²) in [5.74, 6) is -5.27. The molecule has 86 valence electrons.